The average Bonchev–Trinajstić information content (AvgIpc) is 2.79. The Bertz CT molecular complexity index is 1470. The number of aromatic nitrogens is 1. The highest BCUT2D eigenvalue weighted by molar-refractivity contribution is 6.05. The molecule has 0 saturated carbocycles. The lowest BCUT2D eigenvalue weighted by atomic mass is 9.96. The van der Waals surface area contributed by atoms with Crippen molar-refractivity contribution in [2.45, 2.75) is 0 Å². The molecule has 0 amide bonds. The number of anilines is 1. The topological polar surface area (TPSA) is 133 Å². The molecular formula is C24H14N4O3. The van der Waals surface area contributed by atoms with Crippen LogP contribution in [0.3, 0.4) is 0 Å². The molecule has 0 saturated heterocycles. The zero-order valence-corrected chi connectivity index (χ0v) is 16.0. The maximum atomic E-state index is 12.7. The van der Waals surface area contributed by atoms with Gasteiger partial charge in [-0.25, -0.2) is 4.79 Å². The van der Waals surface area contributed by atoms with Gasteiger partial charge in [0.25, 0.3) is 5.56 Å². The molecule has 3 aromatic carbocycles. The molecule has 1 heterocycles. The van der Waals surface area contributed by atoms with Crippen molar-refractivity contribution in [3.63, 3.8) is 0 Å². The molecule has 4 rings (SSSR count). The first-order valence-electron chi connectivity index (χ1n) is 9.20. The monoisotopic (exact) mass is 406 g/mol. The van der Waals surface area contributed by atoms with Gasteiger partial charge in [-0.1, -0.05) is 48.5 Å². The number of aromatic amines is 1. The molecule has 0 bridgehead atoms. The number of hydrogen-bond donors (Lipinski definition) is 2. The van der Waals surface area contributed by atoms with Crippen molar-refractivity contribution in [3.8, 4) is 29.0 Å². The summed E-state index contributed by atoms with van der Waals surface area (Å²) in [6.07, 6.45) is 0. The smallest absolute Gasteiger partial charge is 0.344 e. The van der Waals surface area contributed by atoms with Crippen LogP contribution in [0.4, 0.5) is 5.82 Å². The first kappa shape index (κ1) is 19.4. The Morgan fingerprint density at radius 1 is 0.903 bits per heavy atom. The summed E-state index contributed by atoms with van der Waals surface area (Å²) in [6.45, 7) is 0. The van der Waals surface area contributed by atoms with E-state index in [1.165, 1.54) is 12.1 Å². The third kappa shape index (κ3) is 3.48. The van der Waals surface area contributed by atoms with Gasteiger partial charge in [0.2, 0.25) is 0 Å². The van der Waals surface area contributed by atoms with Crippen molar-refractivity contribution < 1.29 is 9.53 Å². The lowest BCUT2D eigenvalue weighted by Crippen LogP contribution is -2.16. The molecule has 0 radical (unpaired) electrons. The molecule has 0 aliphatic rings. The number of nitrogen functional groups attached to an aromatic ring is 1. The predicted molar refractivity (Wildman–Crippen MR) is 115 cm³/mol. The molecule has 0 fully saturated rings. The van der Waals surface area contributed by atoms with Crippen molar-refractivity contribution in [1.29, 1.82) is 10.5 Å². The minimum Gasteiger partial charge on any atom is -0.423 e. The number of nitrogens with zero attached hydrogens (tertiary/aromatic N) is 2. The number of hydrogen-bond acceptors (Lipinski definition) is 6. The normalized spacial score (nSPS) is 10.3. The second kappa shape index (κ2) is 7.86. The first-order valence-corrected chi connectivity index (χ1v) is 9.20. The largest absolute Gasteiger partial charge is 0.423 e. The van der Waals surface area contributed by atoms with Crippen LogP contribution >= 0.6 is 0 Å². The lowest BCUT2D eigenvalue weighted by Gasteiger charge is -2.10. The Hall–Kier alpha value is -4.88. The van der Waals surface area contributed by atoms with Gasteiger partial charge in [0.1, 0.15) is 34.8 Å². The van der Waals surface area contributed by atoms with E-state index in [0.29, 0.717) is 11.1 Å². The Morgan fingerprint density at radius 2 is 1.58 bits per heavy atom. The zero-order chi connectivity index (χ0) is 22.0. The number of carbonyl (C=O) groups is 1. The number of esters is 1. The van der Waals surface area contributed by atoms with Crippen LogP contribution in [-0.4, -0.2) is 11.0 Å². The Balaban J connectivity index is 1.69. The number of ether oxygens (including phenoxy) is 1. The van der Waals surface area contributed by atoms with Gasteiger partial charge in [0, 0.05) is 5.56 Å². The number of rotatable bonds is 3. The summed E-state index contributed by atoms with van der Waals surface area (Å²) >= 11 is 0. The van der Waals surface area contributed by atoms with E-state index in [1.54, 1.807) is 24.3 Å². The summed E-state index contributed by atoms with van der Waals surface area (Å²) in [5, 5.41) is 20.5. The van der Waals surface area contributed by atoms with E-state index in [9.17, 15) is 20.1 Å². The van der Waals surface area contributed by atoms with E-state index < -0.39 is 11.5 Å². The fraction of sp³-hybridized carbons (Fsp3) is 0. The molecule has 0 aliphatic carbocycles. The number of H-pyrrole nitrogens is 1. The van der Waals surface area contributed by atoms with Crippen molar-refractivity contribution in [3.05, 3.63) is 93.8 Å². The van der Waals surface area contributed by atoms with Crippen LogP contribution in [0.2, 0.25) is 0 Å². The molecule has 4 aromatic rings. The quantitative estimate of drug-likeness (QED) is 0.393. The van der Waals surface area contributed by atoms with Crippen LogP contribution in [0.5, 0.6) is 5.75 Å². The average molecular weight is 406 g/mol. The molecule has 0 atom stereocenters. The van der Waals surface area contributed by atoms with Gasteiger partial charge >= 0.3 is 5.97 Å². The van der Waals surface area contributed by atoms with Gasteiger partial charge in [-0.15, -0.1) is 0 Å². The fourth-order valence-corrected chi connectivity index (χ4v) is 3.39. The molecule has 31 heavy (non-hydrogen) atoms. The molecule has 0 unspecified atom stereocenters. The highest BCUT2D eigenvalue weighted by Gasteiger charge is 2.18. The molecule has 148 valence electrons. The van der Waals surface area contributed by atoms with E-state index in [2.05, 4.69) is 4.98 Å². The number of pyridine rings is 1. The van der Waals surface area contributed by atoms with Crippen molar-refractivity contribution >= 4 is 22.6 Å². The number of carbonyl (C=O) groups excluding carboxylic acids is 1. The van der Waals surface area contributed by atoms with E-state index in [-0.39, 0.29) is 28.3 Å². The van der Waals surface area contributed by atoms with E-state index in [4.69, 9.17) is 10.5 Å². The minimum absolute atomic E-state index is 0.00310. The van der Waals surface area contributed by atoms with Gasteiger partial charge in [0.15, 0.2) is 0 Å². The van der Waals surface area contributed by atoms with Gasteiger partial charge in [-0.2, -0.15) is 10.5 Å². The highest BCUT2D eigenvalue weighted by Crippen LogP contribution is 2.30. The van der Waals surface area contributed by atoms with Gasteiger partial charge in [-0.05, 0) is 34.5 Å². The number of fused-ring (bicyclic) bond motifs is 1. The lowest BCUT2D eigenvalue weighted by molar-refractivity contribution is 0.0737. The summed E-state index contributed by atoms with van der Waals surface area (Å²) in [4.78, 5) is 27.1. The van der Waals surface area contributed by atoms with Crippen molar-refractivity contribution in [2.75, 3.05) is 5.73 Å². The third-order valence-corrected chi connectivity index (χ3v) is 4.83. The molecule has 7 nitrogen and oxygen atoms in total. The number of nitriles is 2. The number of benzene rings is 3. The Kier molecular flexibility index (Phi) is 4.93. The molecule has 7 heteroatoms. The zero-order valence-electron chi connectivity index (χ0n) is 16.0. The van der Waals surface area contributed by atoms with Gasteiger partial charge < -0.3 is 15.5 Å². The molecule has 1 aromatic heterocycles. The second-order valence-electron chi connectivity index (χ2n) is 6.66. The molecule has 0 spiro atoms. The van der Waals surface area contributed by atoms with Crippen LogP contribution in [0.1, 0.15) is 21.5 Å². The summed E-state index contributed by atoms with van der Waals surface area (Å²) in [7, 11) is 0. The van der Waals surface area contributed by atoms with Crippen LogP contribution in [0, 0.1) is 22.7 Å². The van der Waals surface area contributed by atoms with Gasteiger partial charge in [0.05, 0.1) is 5.56 Å². The highest BCUT2D eigenvalue weighted by atomic mass is 16.5. The SMILES string of the molecule is N#Cc1c(N)[nH]c(=O)c(C#N)c1-c1ccc(OC(=O)c2cccc3ccccc23)cc1. The van der Waals surface area contributed by atoms with E-state index in [1.807, 2.05) is 42.5 Å². The first-order chi connectivity index (χ1) is 15.0. The molecular weight excluding hydrogens is 392 g/mol. The Labute approximate surface area is 176 Å². The molecule has 3 N–H and O–H groups in total. The van der Waals surface area contributed by atoms with Crippen LogP contribution in [-0.2, 0) is 0 Å². The summed E-state index contributed by atoms with van der Waals surface area (Å²) in [6, 6.07) is 22.8. The van der Waals surface area contributed by atoms with Crippen molar-refractivity contribution in [2.24, 2.45) is 0 Å². The van der Waals surface area contributed by atoms with E-state index >= 15 is 0 Å². The maximum Gasteiger partial charge on any atom is 0.344 e. The van der Waals surface area contributed by atoms with Crippen LogP contribution in [0.25, 0.3) is 21.9 Å². The van der Waals surface area contributed by atoms with E-state index in [0.717, 1.165) is 10.8 Å². The summed E-state index contributed by atoms with van der Waals surface area (Å²) in [5.74, 6) is -0.357. The summed E-state index contributed by atoms with van der Waals surface area (Å²) in [5.41, 5.74) is 5.84. The summed E-state index contributed by atoms with van der Waals surface area (Å²) < 4.78 is 5.50. The number of nitrogens with two attached hydrogens (primary N) is 1. The number of nitrogens with one attached hydrogen (secondary N) is 1. The maximum absolute atomic E-state index is 12.7. The third-order valence-electron chi connectivity index (χ3n) is 4.83. The van der Waals surface area contributed by atoms with Gasteiger partial charge in [-0.3, -0.25) is 4.79 Å². The minimum atomic E-state index is -0.680. The molecule has 0 aliphatic heterocycles. The standard InChI is InChI=1S/C24H14N4O3/c25-12-19-21(20(13-26)23(29)28-22(19)27)15-8-10-16(11-9-15)31-24(30)18-7-3-5-14-4-1-2-6-17(14)18/h1-11H,(H3,27,28,29). The van der Waals surface area contributed by atoms with Crippen LogP contribution < -0.4 is 16.0 Å². The van der Waals surface area contributed by atoms with Crippen LogP contribution in [0.15, 0.2) is 71.5 Å². The second-order valence-corrected chi connectivity index (χ2v) is 6.66. The Morgan fingerprint density at radius 3 is 2.29 bits per heavy atom. The fourth-order valence-electron chi connectivity index (χ4n) is 3.39. The van der Waals surface area contributed by atoms with Crippen molar-refractivity contribution in [1.82, 2.24) is 4.98 Å². The predicted octanol–water partition coefficient (Wildman–Crippen LogP) is 3.74.